The van der Waals surface area contributed by atoms with Crippen LogP contribution in [-0.2, 0) is 14.8 Å². The smallest absolute Gasteiger partial charge is 0.269 e. The monoisotopic (exact) mass is 435 g/mol. The van der Waals surface area contributed by atoms with Gasteiger partial charge in [0.1, 0.15) is 12.4 Å². The van der Waals surface area contributed by atoms with Gasteiger partial charge >= 0.3 is 0 Å². The summed E-state index contributed by atoms with van der Waals surface area (Å²) in [5.74, 6) is 0.633. The van der Waals surface area contributed by atoms with Gasteiger partial charge in [0.2, 0.25) is 10.0 Å². The number of sulfonamides is 1. The first-order chi connectivity index (χ1) is 14.3. The lowest BCUT2D eigenvalue weighted by Crippen LogP contribution is -2.48. The summed E-state index contributed by atoms with van der Waals surface area (Å²) in [5, 5.41) is 10.8. The molecule has 0 saturated carbocycles. The van der Waals surface area contributed by atoms with Crippen LogP contribution in [0.1, 0.15) is 5.56 Å². The summed E-state index contributed by atoms with van der Waals surface area (Å²) in [6.07, 6.45) is 0. The third-order valence-electron chi connectivity index (χ3n) is 4.99. The van der Waals surface area contributed by atoms with Crippen molar-refractivity contribution in [1.82, 2.24) is 4.31 Å². The number of rotatable bonds is 8. The zero-order valence-electron chi connectivity index (χ0n) is 17.0. The minimum Gasteiger partial charge on any atom is -0.491 e. The second-order valence-corrected chi connectivity index (χ2v) is 8.87. The van der Waals surface area contributed by atoms with Crippen molar-refractivity contribution in [1.29, 1.82) is 0 Å². The van der Waals surface area contributed by atoms with Crippen LogP contribution in [0.25, 0.3) is 0 Å². The van der Waals surface area contributed by atoms with Crippen molar-refractivity contribution in [2.75, 3.05) is 51.4 Å². The van der Waals surface area contributed by atoms with Gasteiger partial charge in [0, 0.05) is 51.1 Å². The minimum atomic E-state index is -3.61. The lowest BCUT2D eigenvalue weighted by Gasteiger charge is -2.35. The Morgan fingerprint density at radius 1 is 1.03 bits per heavy atom. The molecule has 0 unspecified atom stereocenters. The van der Waals surface area contributed by atoms with Crippen LogP contribution in [0.15, 0.2) is 47.4 Å². The topological polar surface area (TPSA) is 102 Å². The van der Waals surface area contributed by atoms with Crippen LogP contribution in [-0.4, -0.2) is 64.1 Å². The van der Waals surface area contributed by atoms with E-state index in [4.69, 9.17) is 9.47 Å². The molecule has 1 fully saturated rings. The Kier molecular flexibility index (Phi) is 6.91. The molecule has 2 aromatic rings. The van der Waals surface area contributed by atoms with E-state index in [0.717, 1.165) is 11.3 Å². The van der Waals surface area contributed by atoms with Crippen LogP contribution in [0.2, 0.25) is 0 Å². The third kappa shape index (κ3) is 4.89. The van der Waals surface area contributed by atoms with Crippen LogP contribution >= 0.6 is 0 Å². The fraction of sp³-hybridized carbons (Fsp3) is 0.400. The maximum absolute atomic E-state index is 13.0. The highest BCUT2D eigenvalue weighted by Crippen LogP contribution is 2.26. The fourth-order valence-corrected chi connectivity index (χ4v) is 4.81. The average Bonchev–Trinajstić information content (AvgIpc) is 2.75. The van der Waals surface area contributed by atoms with Crippen molar-refractivity contribution in [3.63, 3.8) is 0 Å². The van der Waals surface area contributed by atoms with Crippen molar-refractivity contribution >= 4 is 21.4 Å². The molecule has 0 aromatic heterocycles. The molecule has 1 saturated heterocycles. The Balaban J connectivity index is 1.65. The van der Waals surface area contributed by atoms with E-state index in [9.17, 15) is 18.5 Å². The predicted octanol–water partition coefficient (Wildman–Crippen LogP) is 2.44. The lowest BCUT2D eigenvalue weighted by atomic mass is 10.2. The van der Waals surface area contributed by atoms with E-state index >= 15 is 0 Å². The van der Waals surface area contributed by atoms with E-state index in [-0.39, 0.29) is 10.6 Å². The molecule has 1 aliphatic rings. The number of aryl methyl sites for hydroxylation is 1. The minimum absolute atomic E-state index is 0.0324. The molecule has 0 amide bonds. The molecule has 1 aliphatic heterocycles. The number of hydrogen-bond donors (Lipinski definition) is 0. The van der Waals surface area contributed by atoms with Gasteiger partial charge < -0.3 is 14.4 Å². The normalized spacial score (nSPS) is 15.2. The number of ether oxygens (including phenoxy) is 2. The molecule has 0 N–H and O–H groups in total. The van der Waals surface area contributed by atoms with Gasteiger partial charge in [-0.05, 0) is 42.8 Å². The van der Waals surface area contributed by atoms with Gasteiger partial charge in [0.15, 0.2) is 0 Å². The van der Waals surface area contributed by atoms with Crippen LogP contribution in [0.4, 0.5) is 11.4 Å². The van der Waals surface area contributed by atoms with Gasteiger partial charge in [0.25, 0.3) is 5.69 Å². The number of nitro benzene ring substituents is 1. The van der Waals surface area contributed by atoms with E-state index in [1.165, 1.54) is 16.4 Å². The number of anilines is 1. The van der Waals surface area contributed by atoms with Gasteiger partial charge in [-0.25, -0.2) is 8.42 Å². The zero-order chi connectivity index (χ0) is 21.7. The van der Waals surface area contributed by atoms with Gasteiger partial charge in [0.05, 0.1) is 16.4 Å². The number of piperazine rings is 1. The maximum Gasteiger partial charge on any atom is 0.269 e. The highest BCUT2D eigenvalue weighted by atomic mass is 32.2. The fourth-order valence-electron chi connectivity index (χ4n) is 3.30. The van der Waals surface area contributed by atoms with Crippen LogP contribution in [0.3, 0.4) is 0 Å². The number of hydrogen-bond acceptors (Lipinski definition) is 7. The zero-order valence-corrected chi connectivity index (χ0v) is 17.8. The summed E-state index contributed by atoms with van der Waals surface area (Å²) in [7, 11) is -2.02. The first kappa shape index (κ1) is 22.0. The third-order valence-corrected chi connectivity index (χ3v) is 6.89. The molecular weight excluding hydrogens is 410 g/mol. The summed E-state index contributed by atoms with van der Waals surface area (Å²) in [4.78, 5) is 12.6. The molecule has 9 nitrogen and oxygen atoms in total. The molecule has 3 rings (SSSR count). The number of methoxy groups -OCH3 is 1. The average molecular weight is 436 g/mol. The summed E-state index contributed by atoms with van der Waals surface area (Å²) < 4.78 is 38.1. The SMILES string of the molecule is COCCOc1ccc(S(=O)(=O)N2CCN(c3ccc([N+](=O)[O-])cc3)CC2)cc1C. The summed E-state index contributed by atoms with van der Waals surface area (Å²) >= 11 is 0. The molecule has 30 heavy (non-hydrogen) atoms. The molecule has 162 valence electrons. The molecule has 0 spiro atoms. The van der Waals surface area contributed by atoms with E-state index in [0.29, 0.717) is 45.1 Å². The van der Waals surface area contributed by atoms with Crippen molar-refractivity contribution < 1.29 is 22.8 Å². The summed E-state index contributed by atoms with van der Waals surface area (Å²) in [6.45, 7) is 4.36. The van der Waals surface area contributed by atoms with Gasteiger partial charge in [-0.2, -0.15) is 4.31 Å². The molecule has 0 bridgehead atoms. The molecular formula is C20H25N3O6S. The van der Waals surface area contributed by atoms with Crippen molar-refractivity contribution in [3.05, 3.63) is 58.1 Å². The molecule has 1 heterocycles. The van der Waals surface area contributed by atoms with Crippen LogP contribution < -0.4 is 9.64 Å². The van der Waals surface area contributed by atoms with Gasteiger partial charge in [-0.15, -0.1) is 0 Å². The second-order valence-electron chi connectivity index (χ2n) is 6.93. The van der Waals surface area contributed by atoms with Crippen molar-refractivity contribution in [2.45, 2.75) is 11.8 Å². The van der Waals surface area contributed by atoms with Crippen molar-refractivity contribution in [2.24, 2.45) is 0 Å². The van der Waals surface area contributed by atoms with Gasteiger partial charge in [-0.3, -0.25) is 10.1 Å². The lowest BCUT2D eigenvalue weighted by molar-refractivity contribution is -0.384. The molecule has 0 radical (unpaired) electrons. The highest BCUT2D eigenvalue weighted by molar-refractivity contribution is 7.89. The molecule has 10 heteroatoms. The maximum atomic E-state index is 13.0. The second kappa shape index (κ2) is 9.41. The van der Waals surface area contributed by atoms with Crippen molar-refractivity contribution in [3.8, 4) is 5.75 Å². The van der Waals surface area contributed by atoms with E-state index < -0.39 is 14.9 Å². The largest absolute Gasteiger partial charge is 0.491 e. The molecule has 0 atom stereocenters. The summed E-state index contributed by atoms with van der Waals surface area (Å²) in [6, 6.07) is 11.1. The predicted molar refractivity (Wildman–Crippen MR) is 113 cm³/mol. The molecule has 0 aliphatic carbocycles. The Bertz CT molecular complexity index is 986. The van der Waals surface area contributed by atoms with E-state index in [2.05, 4.69) is 0 Å². The number of nitro groups is 1. The Morgan fingerprint density at radius 2 is 1.70 bits per heavy atom. The first-order valence-corrected chi connectivity index (χ1v) is 11.0. The Morgan fingerprint density at radius 3 is 2.27 bits per heavy atom. The first-order valence-electron chi connectivity index (χ1n) is 9.55. The number of benzene rings is 2. The standard InChI is InChI=1S/C20H25N3O6S/c1-16-15-19(7-8-20(16)29-14-13-28-2)30(26,27)22-11-9-21(10-12-22)17-3-5-18(6-4-17)23(24)25/h3-8,15H,9-14H2,1-2H3. The van der Waals surface area contributed by atoms with Crippen LogP contribution in [0.5, 0.6) is 5.75 Å². The number of non-ortho nitro benzene ring substituents is 1. The van der Waals surface area contributed by atoms with E-state index in [1.54, 1.807) is 37.4 Å². The summed E-state index contributed by atoms with van der Waals surface area (Å²) in [5.41, 5.74) is 1.62. The molecule has 2 aromatic carbocycles. The van der Waals surface area contributed by atoms with Crippen LogP contribution in [0, 0.1) is 17.0 Å². The van der Waals surface area contributed by atoms with Gasteiger partial charge in [-0.1, -0.05) is 0 Å². The number of nitrogens with zero attached hydrogens (tertiary/aromatic N) is 3. The van der Waals surface area contributed by atoms with E-state index in [1.807, 2.05) is 11.8 Å². The Labute approximate surface area is 176 Å². The quantitative estimate of drug-likeness (QED) is 0.356. The highest BCUT2D eigenvalue weighted by Gasteiger charge is 2.29. The Hall–Kier alpha value is -2.69.